The van der Waals surface area contributed by atoms with E-state index in [1.54, 1.807) is 11.8 Å². The summed E-state index contributed by atoms with van der Waals surface area (Å²) in [7, 11) is 0. The number of alkyl carbamates (subject to hydrolysis) is 1. The van der Waals surface area contributed by atoms with Crippen molar-refractivity contribution in [3.8, 4) is 11.1 Å². The molecule has 8 nitrogen and oxygen atoms in total. The molecule has 2 aliphatic rings. The lowest BCUT2D eigenvalue weighted by atomic mass is 9.98. The van der Waals surface area contributed by atoms with E-state index >= 15 is 0 Å². The fraction of sp³-hybridized carbons (Fsp3) is 0.400. The molecule has 0 bridgehead atoms. The summed E-state index contributed by atoms with van der Waals surface area (Å²) in [4.78, 5) is 36.9. The number of aliphatic carboxylic acids is 1. The third-order valence-electron chi connectivity index (χ3n) is 6.29. The van der Waals surface area contributed by atoms with Gasteiger partial charge in [0.2, 0.25) is 5.91 Å². The number of carboxylic acids is 1. The molecule has 1 heterocycles. The Bertz CT molecular complexity index is 1020. The Labute approximate surface area is 202 Å². The maximum atomic E-state index is 12.9. The summed E-state index contributed by atoms with van der Waals surface area (Å²) in [6.45, 7) is 0.326. The van der Waals surface area contributed by atoms with Crippen molar-refractivity contribution in [2.75, 3.05) is 31.8 Å². The molecule has 1 fully saturated rings. The monoisotopic (exact) mass is 484 g/mol. The third kappa shape index (κ3) is 5.20. The van der Waals surface area contributed by atoms with Crippen LogP contribution in [0, 0.1) is 5.92 Å². The number of fused-ring (bicyclic) bond motifs is 3. The molecule has 2 amide bonds. The smallest absolute Gasteiger partial charge is 0.407 e. The van der Waals surface area contributed by atoms with Crippen molar-refractivity contribution >= 4 is 29.7 Å². The highest BCUT2D eigenvalue weighted by atomic mass is 32.2. The van der Waals surface area contributed by atoms with Crippen LogP contribution in [0.25, 0.3) is 11.1 Å². The van der Waals surface area contributed by atoms with Crippen LogP contribution in [-0.4, -0.2) is 67.0 Å². The van der Waals surface area contributed by atoms with Gasteiger partial charge in [-0.2, -0.15) is 11.8 Å². The zero-order valence-electron chi connectivity index (χ0n) is 18.9. The second-order valence-corrected chi connectivity index (χ2v) is 9.39. The predicted molar refractivity (Wildman–Crippen MR) is 129 cm³/mol. The van der Waals surface area contributed by atoms with Crippen LogP contribution in [0.5, 0.6) is 0 Å². The van der Waals surface area contributed by atoms with Gasteiger partial charge in [-0.25, -0.2) is 4.79 Å². The summed E-state index contributed by atoms with van der Waals surface area (Å²) in [6.07, 6.45) is 1.62. The van der Waals surface area contributed by atoms with E-state index in [0.717, 1.165) is 22.3 Å². The number of ether oxygens (including phenoxy) is 2. The zero-order valence-corrected chi connectivity index (χ0v) is 19.7. The highest BCUT2D eigenvalue weighted by Gasteiger charge is 2.36. The number of amides is 2. The molecule has 3 N–H and O–H groups in total. The molecule has 1 saturated heterocycles. The Morgan fingerprint density at radius 1 is 1.09 bits per heavy atom. The Balaban J connectivity index is 1.39. The minimum absolute atomic E-state index is 0.0512. The summed E-state index contributed by atoms with van der Waals surface area (Å²) in [6, 6.07) is 14.7. The fourth-order valence-electron chi connectivity index (χ4n) is 4.51. The number of hydrogen-bond acceptors (Lipinski definition) is 6. The molecule has 0 aromatic heterocycles. The summed E-state index contributed by atoms with van der Waals surface area (Å²) in [5.74, 6) is -1.70. The molecule has 4 rings (SSSR count). The van der Waals surface area contributed by atoms with Crippen molar-refractivity contribution < 1.29 is 29.0 Å². The topological polar surface area (TPSA) is 114 Å². The lowest BCUT2D eigenvalue weighted by Gasteiger charge is -2.22. The van der Waals surface area contributed by atoms with Gasteiger partial charge >= 0.3 is 12.1 Å². The van der Waals surface area contributed by atoms with Crippen molar-refractivity contribution in [2.24, 2.45) is 5.92 Å². The normalized spacial score (nSPS) is 19.7. The molecule has 0 saturated carbocycles. The first-order chi connectivity index (χ1) is 16.5. The van der Waals surface area contributed by atoms with Crippen LogP contribution in [-0.2, 0) is 19.1 Å². The molecule has 1 aliphatic heterocycles. The summed E-state index contributed by atoms with van der Waals surface area (Å²) in [5, 5.41) is 14.7. The Hall–Kier alpha value is -3.04. The highest BCUT2D eigenvalue weighted by Crippen LogP contribution is 2.44. The van der Waals surface area contributed by atoms with E-state index in [0.29, 0.717) is 12.2 Å². The average molecular weight is 485 g/mol. The van der Waals surface area contributed by atoms with Gasteiger partial charge in [0.1, 0.15) is 18.6 Å². The summed E-state index contributed by atoms with van der Waals surface area (Å²) < 4.78 is 10.8. The number of thioether (sulfide) groups is 1. The lowest BCUT2D eigenvalue weighted by Crippen LogP contribution is -2.52. The predicted octanol–water partition coefficient (Wildman–Crippen LogP) is 2.86. The van der Waals surface area contributed by atoms with Gasteiger partial charge in [0.15, 0.2) is 0 Å². The van der Waals surface area contributed by atoms with Gasteiger partial charge in [-0.3, -0.25) is 9.59 Å². The number of hydrogen-bond donors (Lipinski definition) is 3. The number of rotatable bonds is 9. The summed E-state index contributed by atoms with van der Waals surface area (Å²) >= 11 is 1.55. The number of carbonyl (C=O) groups excluding carboxylic acids is 2. The molecule has 2 aromatic rings. The Morgan fingerprint density at radius 2 is 1.74 bits per heavy atom. The molecule has 9 heteroatoms. The van der Waals surface area contributed by atoms with Crippen LogP contribution in [0.2, 0.25) is 0 Å². The maximum Gasteiger partial charge on any atom is 0.407 e. The van der Waals surface area contributed by atoms with E-state index in [1.807, 2.05) is 42.7 Å². The Morgan fingerprint density at radius 3 is 2.35 bits per heavy atom. The van der Waals surface area contributed by atoms with E-state index in [4.69, 9.17) is 9.47 Å². The number of carboxylic acid groups (broad SMARTS) is 1. The molecule has 34 heavy (non-hydrogen) atoms. The molecular formula is C25H28N2O6S. The molecule has 0 radical (unpaired) electrons. The zero-order chi connectivity index (χ0) is 24.1. The van der Waals surface area contributed by atoms with E-state index in [1.165, 1.54) is 0 Å². The van der Waals surface area contributed by atoms with Gasteiger partial charge < -0.3 is 25.2 Å². The van der Waals surface area contributed by atoms with Gasteiger partial charge in [0.25, 0.3) is 0 Å². The van der Waals surface area contributed by atoms with Crippen LogP contribution in [0.15, 0.2) is 48.5 Å². The molecular weight excluding hydrogens is 456 g/mol. The number of benzene rings is 2. The SMILES string of the molecule is CSCC[C@@H](NC(=O)OCC1c2ccccc2-c2ccccc21)C(=O)NC1COCC1C(=O)O. The minimum Gasteiger partial charge on any atom is -0.481 e. The first-order valence-electron chi connectivity index (χ1n) is 11.2. The van der Waals surface area contributed by atoms with Gasteiger partial charge in [-0.1, -0.05) is 48.5 Å². The van der Waals surface area contributed by atoms with Crippen LogP contribution >= 0.6 is 11.8 Å². The van der Waals surface area contributed by atoms with Gasteiger partial charge in [-0.05, 0) is 40.7 Å². The van der Waals surface area contributed by atoms with Gasteiger partial charge in [0, 0.05) is 5.92 Å². The second kappa shape index (κ2) is 10.9. The quantitative estimate of drug-likeness (QED) is 0.501. The number of nitrogens with one attached hydrogen (secondary N) is 2. The van der Waals surface area contributed by atoms with Gasteiger partial charge in [-0.15, -0.1) is 0 Å². The largest absolute Gasteiger partial charge is 0.481 e. The van der Waals surface area contributed by atoms with Crippen molar-refractivity contribution in [1.82, 2.24) is 10.6 Å². The van der Waals surface area contributed by atoms with E-state index < -0.39 is 36.0 Å². The van der Waals surface area contributed by atoms with Crippen molar-refractivity contribution in [1.29, 1.82) is 0 Å². The first-order valence-corrected chi connectivity index (χ1v) is 12.6. The standard InChI is InChI=1S/C25H28N2O6S/c1-34-11-10-21(23(28)26-22-14-32-12-20(22)24(29)30)27-25(31)33-13-19-17-8-4-2-6-15(17)16-7-3-5-9-18(16)19/h2-9,19-22H,10-14H2,1H3,(H,26,28)(H,27,31)(H,29,30)/t20?,21-,22?/m1/s1. The minimum atomic E-state index is -1.02. The maximum absolute atomic E-state index is 12.9. The summed E-state index contributed by atoms with van der Waals surface area (Å²) in [5.41, 5.74) is 4.48. The van der Waals surface area contributed by atoms with Crippen LogP contribution < -0.4 is 10.6 Å². The Kier molecular flexibility index (Phi) is 7.74. The van der Waals surface area contributed by atoms with E-state index in [2.05, 4.69) is 22.8 Å². The van der Waals surface area contributed by atoms with E-state index in [9.17, 15) is 19.5 Å². The molecule has 0 spiro atoms. The fourth-order valence-corrected chi connectivity index (χ4v) is 4.98. The van der Waals surface area contributed by atoms with Crippen LogP contribution in [0.4, 0.5) is 4.79 Å². The number of carbonyl (C=O) groups is 3. The average Bonchev–Trinajstić information content (AvgIpc) is 3.43. The second-order valence-electron chi connectivity index (χ2n) is 8.40. The van der Waals surface area contributed by atoms with Gasteiger partial charge in [0.05, 0.1) is 19.3 Å². The molecule has 2 aromatic carbocycles. The molecule has 180 valence electrons. The molecule has 3 atom stereocenters. The van der Waals surface area contributed by atoms with E-state index in [-0.39, 0.29) is 25.7 Å². The van der Waals surface area contributed by atoms with Crippen molar-refractivity contribution in [2.45, 2.75) is 24.4 Å². The van der Waals surface area contributed by atoms with Crippen molar-refractivity contribution in [3.05, 3.63) is 59.7 Å². The molecule has 1 aliphatic carbocycles. The van der Waals surface area contributed by atoms with Crippen LogP contribution in [0.1, 0.15) is 23.5 Å². The lowest BCUT2D eigenvalue weighted by molar-refractivity contribution is -0.142. The highest BCUT2D eigenvalue weighted by molar-refractivity contribution is 7.98. The molecule has 2 unspecified atom stereocenters. The van der Waals surface area contributed by atoms with Crippen molar-refractivity contribution in [3.63, 3.8) is 0 Å². The van der Waals surface area contributed by atoms with Crippen LogP contribution in [0.3, 0.4) is 0 Å². The first kappa shape index (κ1) is 24.1. The third-order valence-corrected chi connectivity index (χ3v) is 6.93.